The zero-order valence-corrected chi connectivity index (χ0v) is 10.3. The van der Waals surface area contributed by atoms with Crippen molar-refractivity contribution < 1.29 is 9.53 Å². The molecular formula is C14H16N2O2. The first-order chi connectivity index (χ1) is 8.74. The van der Waals surface area contributed by atoms with Crippen molar-refractivity contribution in [3.8, 4) is 18.1 Å². The van der Waals surface area contributed by atoms with E-state index < -0.39 is 0 Å². The Morgan fingerprint density at radius 1 is 1.56 bits per heavy atom. The zero-order valence-electron chi connectivity index (χ0n) is 10.3. The molecule has 0 aliphatic heterocycles. The summed E-state index contributed by atoms with van der Waals surface area (Å²) in [6, 6.07) is 5.31. The minimum atomic E-state index is -0.126. The monoisotopic (exact) mass is 244 g/mol. The van der Waals surface area contributed by atoms with Crippen LogP contribution >= 0.6 is 0 Å². The molecule has 4 nitrogen and oxygen atoms in total. The third-order valence-corrected chi connectivity index (χ3v) is 2.67. The lowest BCUT2D eigenvalue weighted by molar-refractivity contribution is 0.0962. The summed E-state index contributed by atoms with van der Waals surface area (Å²) in [6.07, 6.45) is 7.63. The van der Waals surface area contributed by atoms with E-state index in [4.69, 9.17) is 11.2 Å². The molecule has 0 aromatic heterocycles. The average Bonchev–Trinajstić information content (AvgIpc) is 3.20. The van der Waals surface area contributed by atoms with Crippen LogP contribution in [0.3, 0.4) is 0 Å². The molecule has 0 saturated heterocycles. The lowest BCUT2D eigenvalue weighted by Crippen LogP contribution is -2.18. The van der Waals surface area contributed by atoms with Gasteiger partial charge in [0, 0.05) is 12.6 Å². The molecule has 0 unspecified atom stereocenters. The van der Waals surface area contributed by atoms with Crippen LogP contribution in [0.1, 0.15) is 23.2 Å². The van der Waals surface area contributed by atoms with Crippen LogP contribution in [0.5, 0.6) is 5.75 Å². The van der Waals surface area contributed by atoms with Gasteiger partial charge in [0.1, 0.15) is 5.75 Å². The largest absolute Gasteiger partial charge is 0.488 e. The number of nitrogens with one attached hydrogen (secondary N) is 2. The fraction of sp³-hybridized carbons (Fsp3) is 0.357. The van der Waals surface area contributed by atoms with Crippen LogP contribution in [0.15, 0.2) is 18.2 Å². The number of carbonyl (C=O) groups is 1. The molecule has 0 atom stereocenters. The summed E-state index contributed by atoms with van der Waals surface area (Å²) in [4.78, 5) is 11.6. The van der Waals surface area contributed by atoms with E-state index >= 15 is 0 Å². The highest BCUT2D eigenvalue weighted by molar-refractivity contribution is 5.95. The highest BCUT2D eigenvalue weighted by Crippen LogP contribution is 2.32. The van der Waals surface area contributed by atoms with Crippen molar-refractivity contribution in [3.63, 3.8) is 0 Å². The molecule has 1 aliphatic carbocycles. The topological polar surface area (TPSA) is 50.4 Å². The minimum Gasteiger partial charge on any atom is -0.488 e. The van der Waals surface area contributed by atoms with Gasteiger partial charge in [-0.15, -0.1) is 6.42 Å². The van der Waals surface area contributed by atoms with Gasteiger partial charge in [0.15, 0.2) is 0 Å². The smallest absolute Gasteiger partial charge is 0.251 e. The van der Waals surface area contributed by atoms with E-state index in [1.807, 2.05) is 6.07 Å². The first kappa shape index (κ1) is 12.3. The van der Waals surface area contributed by atoms with Crippen molar-refractivity contribution in [3.05, 3.63) is 23.8 Å². The Hall–Kier alpha value is -2.15. The summed E-state index contributed by atoms with van der Waals surface area (Å²) in [7, 11) is 1.61. The molecule has 2 rings (SSSR count). The molecule has 1 fully saturated rings. The van der Waals surface area contributed by atoms with Crippen LogP contribution in [0, 0.1) is 12.3 Å². The van der Waals surface area contributed by atoms with Gasteiger partial charge >= 0.3 is 0 Å². The highest BCUT2D eigenvalue weighted by atomic mass is 16.5. The maximum Gasteiger partial charge on any atom is 0.251 e. The van der Waals surface area contributed by atoms with E-state index in [1.54, 1.807) is 19.2 Å². The summed E-state index contributed by atoms with van der Waals surface area (Å²) in [5.41, 5.74) is 1.41. The van der Waals surface area contributed by atoms with Gasteiger partial charge in [0.2, 0.25) is 0 Å². The Kier molecular flexibility index (Phi) is 3.73. The Bertz CT molecular complexity index is 487. The fourth-order valence-corrected chi connectivity index (χ4v) is 1.56. The maximum atomic E-state index is 11.6. The van der Waals surface area contributed by atoms with Crippen molar-refractivity contribution in [1.82, 2.24) is 5.32 Å². The number of anilines is 1. The number of ether oxygens (including phenoxy) is 1. The maximum absolute atomic E-state index is 11.6. The fourth-order valence-electron chi connectivity index (χ4n) is 1.56. The normalized spacial score (nSPS) is 13.6. The van der Waals surface area contributed by atoms with E-state index in [-0.39, 0.29) is 12.0 Å². The summed E-state index contributed by atoms with van der Waals surface area (Å²) in [6.45, 7) is 0.431. The highest BCUT2D eigenvalue weighted by Gasteiger charge is 2.25. The number of hydrogen-bond acceptors (Lipinski definition) is 3. The number of hydrogen-bond donors (Lipinski definition) is 2. The lowest BCUT2D eigenvalue weighted by atomic mass is 10.1. The second-order valence-corrected chi connectivity index (χ2v) is 4.16. The number of carbonyl (C=O) groups excluding carboxylic acids is 1. The molecule has 18 heavy (non-hydrogen) atoms. The van der Waals surface area contributed by atoms with Gasteiger partial charge in [-0.1, -0.05) is 5.92 Å². The number of rotatable bonds is 5. The number of benzene rings is 1. The number of terminal acetylenes is 1. The van der Waals surface area contributed by atoms with Crippen LogP contribution in [-0.4, -0.2) is 25.6 Å². The van der Waals surface area contributed by atoms with Gasteiger partial charge in [-0.25, -0.2) is 0 Å². The molecule has 1 saturated carbocycles. The van der Waals surface area contributed by atoms with E-state index in [2.05, 4.69) is 16.6 Å². The Balaban J connectivity index is 2.22. The van der Waals surface area contributed by atoms with Crippen molar-refractivity contribution in [2.24, 2.45) is 0 Å². The van der Waals surface area contributed by atoms with Crippen molar-refractivity contribution in [1.29, 1.82) is 0 Å². The van der Waals surface area contributed by atoms with E-state index in [9.17, 15) is 4.79 Å². The van der Waals surface area contributed by atoms with Crippen molar-refractivity contribution in [2.75, 3.05) is 18.9 Å². The molecule has 1 amide bonds. The number of amides is 1. The molecule has 1 aromatic carbocycles. The van der Waals surface area contributed by atoms with Gasteiger partial charge in [0.25, 0.3) is 5.91 Å². The summed E-state index contributed by atoms with van der Waals surface area (Å²) >= 11 is 0. The molecule has 0 spiro atoms. The molecule has 94 valence electrons. The molecule has 2 N–H and O–H groups in total. The van der Waals surface area contributed by atoms with Gasteiger partial charge in [-0.05, 0) is 31.0 Å². The summed E-state index contributed by atoms with van der Waals surface area (Å²) in [5, 5.41) is 5.68. The molecular weight excluding hydrogens is 228 g/mol. The molecule has 4 heteroatoms. The Labute approximate surface area is 107 Å². The minimum absolute atomic E-state index is 0.126. The lowest BCUT2D eigenvalue weighted by Gasteiger charge is -2.13. The van der Waals surface area contributed by atoms with Crippen LogP contribution in [0.25, 0.3) is 0 Å². The molecule has 1 aromatic rings. The quantitative estimate of drug-likeness (QED) is 0.774. The summed E-state index contributed by atoms with van der Waals surface area (Å²) < 4.78 is 5.78. The first-order valence-corrected chi connectivity index (χ1v) is 5.94. The van der Waals surface area contributed by atoms with Crippen LogP contribution in [-0.2, 0) is 0 Å². The van der Waals surface area contributed by atoms with Crippen molar-refractivity contribution in [2.45, 2.75) is 18.9 Å². The molecule has 0 bridgehead atoms. The third kappa shape index (κ3) is 2.95. The van der Waals surface area contributed by atoms with E-state index in [0.717, 1.165) is 18.5 Å². The first-order valence-electron chi connectivity index (χ1n) is 5.94. The van der Waals surface area contributed by atoms with Gasteiger partial charge in [0.05, 0.1) is 18.3 Å². The second-order valence-electron chi connectivity index (χ2n) is 4.16. The standard InChI is InChI=1S/C14H16N2O2/c1-3-8-16-12-7-4-10(14(17)15-2)9-13(12)18-11-5-6-11/h1,4,7,9,11,16H,5-6,8H2,2H3,(H,15,17). The second kappa shape index (κ2) is 5.46. The Morgan fingerprint density at radius 3 is 2.94 bits per heavy atom. The summed E-state index contributed by atoms with van der Waals surface area (Å²) in [5.74, 6) is 3.08. The third-order valence-electron chi connectivity index (χ3n) is 2.67. The molecule has 0 heterocycles. The van der Waals surface area contributed by atoms with E-state index in [0.29, 0.717) is 17.9 Å². The average molecular weight is 244 g/mol. The van der Waals surface area contributed by atoms with Crippen molar-refractivity contribution >= 4 is 11.6 Å². The molecule has 0 radical (unpaired) electrons. The van der Waals surface area contributed by atoms with Crippen LogP contribution < -0.4 is 15.4 Å². The van der Waals surface area contributed by atoms with Crippen LogP contribution in [0.2, 0.25) is 0 Å². The Morgan fingerprint density at radius 2 is 2.33 bits per heavy atom. The van der Waals surface area contributed by atoms with Crippen LogP contribution in [0.4, 0.5) is 5.69 Å². The SMILES string of the molecule is C#CCNc1ccc(C(=O)NC)cc1OC1CC1. The van der Waals surface area contributed by atoms with E-state index in [1.165, 1.54) is 0 Å². The predicted octanol–water partition coefficient (Wildman–Crippen LogP) is 1.63. The van der Waals surface area contributed by atoms with Gasteiger partial charge in [-0.2, -0.15) is 0 Å². The zero-order chi connectivity index (χ0) is 13.0. The van der Waals surface area contributed by atoms with Gasteiger partial charge < -0.3 is 15.4 Å². The van der Waals surface area contributed by atoms with Gasteiger partial charge in [-0.3, -0.25) is 4.79 Å². The predicted molar refractivity (Wildman–Crippen MR) is 70.8 cm³/mol. The molecule has 1 aliphatic rings.